The van der Waals surface area contributed by atoms with Gasteiger partial charge in [0.05, 0.1) is 6.42 Å². The Morgan fingerprint density at radius 3 is 2.48 bits per heavy atom. The number of phenolic OH excluding ortho intramolecular Hbond substituents is 1. The Balaban J connectivity index is 2.23. The Bertz CT molecular complexity index is 526. The van der Waals surface area contributed by atoms with Crippen LogP contribution in [0.4, 0.5) is 0 Å². The van der Waals surface area contributed by atoms with E-state index in [0.29, 0.717) is 0 Å². The zero-order valence-electron chi connectivity index (χ0n) is 13.5. The number of rotatable bonds is 2. The molecule has 4 nitrogen and oxygen atoms in total. The molecule has 1 aliphatic rings. The van der Waals surface area contributed by atoms with Gasteiger partial charge < -0.3 is 15.3 Å². The van der Waals surface area contributed by atoms with E-state index in [1.807, 2.05) is 24.0 Å². The average molecular weight is 290 g/mol. The topological polar surface area (TPSA) is 52.6 Å². The summed E-state index contributed by atoms with van der Waals surface area (Å²) in [6.45, 7) is 11.4. The van der Waals surface area contributed by atoms with Gasteiger partial charge in [0.1, 0.15) is 5.75 Å². The summed E-state index contributed by atoms with van der Waals surface area (Å²) in [4.78, 5) is 14.2. The predicted molar refractivity (Wildman–Crippen MR) is 84.7 cm³/mol. The van der Waals surface area contributed by atoms with Crippen LogP contribution in [0.3, 0.4) is 0 Å². The van der Waals surface area contributed by atoms with Crippen LogP contribution >= 0.6 is 0 Å². The summed E-state index contributed by atoms with van der Waals surface area (Å²) in [5.41, 5.74) is 2.60. The van der Waals surface area contributed by atoms with Gasteiger partial charge in [-0.25, -0.2) is 0 Å². The average Bonchev–Trinajstić information content (AvgIpc) is 2.42. The van der Waals surface area contributed by atoms with Gasteiger partial charge in [-0.2, -0.15) is 0 Å². The van der Waals surface area contributed by atoms with Crippen molar-refractivity contribution in [1.29, 1.82) is 0 Å². The van der Waals surface area contributed by atoms with E-state index < -0.39 is 0 Å². The molecule has 1 heterocycles. The van der Waals surface area contributed by atoms with Gasteiger partial charge in [-0.1, -0.05) is 38.5 Å². The third-order valence-corrected chi connectivity index (χ3v) is 3.95. The van der Waals surface area contributed by atoms with E-state index in [1.165, 1.54) is 0 Å². The van der Waals surface area contributed by atoms with Crippen molar-refractivity contribution < 1.29 is 9.90 Å². The van der Waals surface area contributed by atoms with Crippen LogP contribution in [-0.2, 0) is 16.6 Å². The number of piperazine rings is 1. The van der Waals surface area contributed by atoms with Crippen LogP contribution in [-0.4, -0.2) is 42.1 Å². The zero-order valence-corrected chi connectivity index (χ0v) is 13.5. The van der Waals surface area contributed by atoms with Gasteiger partial charge in [0.15, 0.2) is 0 Å². The van der Waals surface area contributed by atoms with E-state index >= 15 is 0 Å². The molecule has 21 heavy (non-hydrogen) atoms. The van der Waals surface area contributed by atoms with Crippen molar-refractivity contribution in [3.8, 4) is 5.75 Å². The summed E-state index contributed by atoms with van der Waals surface area (Å²) in [5, 5.41) is 13.8. The highest BCUT2D eigenvalue weighted by molar-refractivity contribution is 5.80. The second-order valence-corrected chi connectivity index (χ2v) is 6.88. The number of benzene rings is 1. The molecule has 1 saturated heterocycles. The molecule has 1 fully saturated rings. The Hall–Kier alpha value is -1.55. The third kappa shape index (κ3) is 3.76. The minimum Gasteiger partial charge on any atom is -0.507 e. The Morgan fingerprint density at radius 2 is 1.90 bits per heavy atom. The first-order valence-corrected chi connectivity index (χ1v) is 7.60. The molecule has 1 aromatic rings. The highest BCUT2D eigenvalue weighted by Crippen LogP contribution is 2.34. The van der Waals surface area contributed by atoms with Gasteiger partial charge >= 0.3 is 0 Å². The number of nitrogens with one attached hydrogen (secondary N) is 1. The molecule has 0 saturated carbocycles. The number of phenols is 1. The molecule has 1 aliphatic heterocycles. The fraction of sp³-hybridized carbons (Fsp3) is 0.588. The molecule has 0 bridgehead atoms. The summed E-state index contributed by atoms with van der Waals surface area (Å²) in [7, 11) is 0. The van der Waals surface area contributed by atoms with E-state index in [0.717, 1.165) is 42.9 Å². The Morgan fingerprint density at radius 1 is 1.29 bits per heavy atom. The highest BCUT2D eigenvalue weighted by atomic mass is 16.3. The van der Waals surface area contributed by atoms with Crippen molar-refractivity contribution in [2.45, 2.75) is 39.5 Å². The van der Waals surface area contributed by atoms with Crippen molar-refractivity contribution >= 4 is 5.91 Å². The maximum absolute atomic E-state index is 12.4. The first-order chi connectivity index (χ1) is 9.79. The van der Waals surface area contributed by atoms with Crippen LogP contribution in [0.15, 0.2) is 12.1 Å². The second-order valence-electron chi connectivity index (χ2n) is 6.88. The molecule has 1 aromatic carbocycles. The van der Waals surface area contributed by atoms with Crippen LogP contribution in [0, 0.1) is 6.92 Å². The summed E-state index contributed by atoms with van der Waals surface area (Å²) >= 11 is 0. The third-order valence-electron chi connectivity index (χ3n) is 3.95. The minimum atomic E-state index is -0.136. The maximum Gasteiger partial charge on any atom is 0.227 e. The van der Waals surface area contributed by atoms with Crippen molar-refractivity contribution in [3.63, 3.8) is 0 Å². The van der Waals surface area contributed by atoms with Crippen molar-refractivity contribution in [1.82, 2.24) is 10.2 Å². The number of carbonyl (C=O) groups is 1. The molecular weight excluding hydrogens is 264 g/mol. The van der Waals surface area contributed by atoms with Crippen molar-refractivity contribution in [2.24, 2.45) is 0 Å². The number of carbonyl (C=O) groups excluding carboxylic acids is 1. The quantitative estimate of drug-likeness (QED) is 0.875. The largest absolute Gasteiger partial charge is 0.507 e. The summed E-state index contributed by atoms with van der Waals surface area (Å²) in [5.74, 6) is 0.369. The number of hydrogen-bond acceptors (Lipinski definition) is 3. The van der Waals surface area contributed by atoms with E-state index in [4.69, 9.17) is 0 Å². The SMILES string of the molecule is Cc1cc(CC(=O)N2CCNCC2)c(O)c(C(C)(C)C)c1. The molecule has 0 aliphatic carbocycles. The molecule has 0 unspecified atom stereocenters. The molecular formula is C17H26N2O2. The highest BCUT2D eigenvalue weighted by Gasteiger charge is 2.23. The smallest absolute Gasteiger partial charge is 0.227 e. The number of aromatic hydroxyl groups is 1. The maximum atomic E-state index is 12.4. The minimum absolute atomic E-state index is 0.0947. The second kappa shape index (κ2) is 6.06. The van der Waals surface area contributed by atoms with E-state index in [9.17, 15) is 9.90 Å². The summed E-state index contributed by atoms with van der Waals surface area (Å²) in [6.07, 6.45) is 0.274. The van der Waals surface area contributed by atoms with Gasteiger partial charge in [0, 0.05) is 31.7 Å². The normalized spacial score (nSPS) is 16.1. The van der Waals surface area contributed by atoms with Crippen LogP contribution in [0.25, 0.3) is 0 Å². The zero-order chi connectivity index (χ0) is 15.6. The van der Waals surface area contributed by atoms with E-state index in [-0.39, 0.29) is 23.5 Å². The first-order valence-electron chi connectivity index (χ1n) is 7.60. The van der Waals surface area contributed by atoms with Crippen LogP contribution in [0.2, 0.25) is 0 Å². The first kappa shape index (κ1) is 15.8. The number of amides is 1. The molecule has 2 N–H and O–H groups in total. The lowest BCUT2D eigenvalue weighted by Crippen LogP contribution is -2.46. The van der Waals surface area contributed by atoms with Gasteiger partial charge in [-0.15, -0.1) is 0 Å². The standard InChI is InChI=1S/C17H26N2O2/c1-12-9-13(16(21)14(10-12)17(2,3)4)11-15(20)19-7-5-18-6-8-19/h9-10,18,21H,5-8,11H2,1-4H3. The van der Waals surface area contributed by atoms with E-state index in [1.54, 1.807) is 0 Å². The predicted octanol–water partition coefficient (Wildman–Crippen LogP) is 1.97. The van der Waals surface area contributed by atoms with Gasteiger partial charge in [-0.3, -0.25) is 4.79 Å². The summed E-state index contributed by atoms with van der Waals surface area (Å²) in [6, 6.07) is 3.93. The molecule has 0 spiro atoms. The lowest BCUT2D eigenvalue weighted by atomic mass is 9.83. The fourth-order valence-corrected chi connectivity index (χ4v) is 2.75. The van der Waals surface area contributed by atoms with Gasteiger partial charge in [0.2, 0.25) is 5.91 Å². The molecule has 0 aromatic heterocycles. The molecule has 1 amide bonds. The molecule has 2 rings (SSSR count). The lowest BCUT2D eigenvalue weighted by Gasteiger charge is -2.28. The van der Waals surface area contributed by atoms with E-state index in [2.05, 4.69) is 26.1 Å². The molecule has 0 atom stereocenters. The van der Waals surface area contributed by atoms with Crippen LogP contribution in [0.5, 0.6) is 5.75 Å². The summed E-state index contributed by atoms with van der Waals surface area (Å²) < 4.78 is 0. The Kier molecular flexibility index (Phi) is 4.57. The van der Waals surface area contributed by atoms with Crippen LogP contribution in [0.1, 0.15) is 37.5 Å². The molecule has 116 valence electrons. The molecule has 0 radical (unpaired) electrons. The van der Waals surface area contributed by atoms with Crippen LogP contribution < -0.4 is 5.32 Å². The van der Waals surface area contributed by atoms with Crippen molar-refractivity contribution in [3.05, 3.63) is 28.8 Å². The van der Waals surface area contributed by atoms with Gasteiger partial charge in [0.25, 0.3) is 0 Å². The van der Waals surface area contributed by atoms with Gasteiger partial charge in [-0.05, 0) is 17.9 Å². The number of nitrogens with zero attached hydrogens (tertiary/aromatic N) is 1. The number of aryl methyl sites for hydroxylation is 1. The van der Waals surface area contributed by atoms with Crippen molar-refractivity contribution in [2.75, 3.05) is 26.2 Å². The fourth-order valence-electron chi connectivity index (χ4n) is 2.75. The monoisotopic (exact) mass is 290 g/mol. The Labute approximate surface area is 127 Å². The lowest BCUT2D eigenvalue weighted by molar-refractivity contribution is -0.131. The molecule has 4 heteroatoms. The number of hydrogen-bond donors (Lipinski definition) is 2.